The summed E-state index contributed by atoms with van der Waals surface area (Å²) in [7, 11) is 0. The van der Waals surface area contributed by atoms with Crippen molar-refractivity contribution < 1.29 is 9.90 Å². The van der Waals surface area contributed by atoms with Gasteiger partial charge in [-0.3, -0.25) is 4.98 Å². The van der Waals surface area contributed by atoms with Crippen LogP contribution in [0, 0.1) is 0 Å². The topological polar surface area (TPSA) is 78.9 Å². The number of pyridine rings is 1. The zero-order chi connectivity index (χ0) is 14.1. The van der Waals surface area contributed by atoms with Gasteiger partial charge in [-0.15, -0.1) is 11.3 Å². The molecule has 0 unspecified atom stereocenters. The van der Waals surface area contributed by atoms with Crippen molar-refractivity contribution in [2.24, 2.45) is 0 Å². The molecule has 0 saturated carbocycles. The first-order chi connectivity index (χ1) is 9.65. The van der Waals surface area contributed by atoms with Crippen LogP contribution in [0.25, 0.3) is 22.0 Å². The van der Waals surface area contributed by atoms with Gasteiger partial charge in [-0.1, -0.05) is 0 Å². The van der Waals surface area contributed by atoms with Gasteiger partial charge in [0.15, 0.2) is 0 Å². The smallest absolute Gasteiger partial charge is 0.352 e. The Kier molecular flexibility index (Phi) is 3.37. The minimum atomic E-state index is -0.987. The van der Waals surface area contributed by atoms with E-state index in [4.69, 9.17) is 5.11 Å². The quantitative estimate of drug-likeness (QED) is 0.756. The molecule has 0 bridgehead atoms. The number of nitrogens with zero attached hydrogens (tertiary/aromatic N) is 2. The molecule has 0 spiro atoms. The molecule has 100 valence electrons. The number of nitrogens with one attached hydrogen (secondary N) is 1. The summed E-state index contributed by atoms with van der Waals surface area (Å²) in [6.07, 6.45) is 3.34. The Bertz CT molecular complexity index is 781. The van der Waals surface area contributed by atoms with Crippen molar-refractivity contribution in [1.29, 1.82) is 0 Å². The number of hydrogen-bond donors (Lipinski definition) is 2. The van der Waals surface area contributed by atoms with Crippen LogP contribution >= 0.6 is 27.3 Å². The zero-order valence-corrected chi connectivity index (χ0v) is 12.4. The second kappa shape index (κ2) is 5.18. The molecule has 0 aliphatic rings. The molecule has 5 nitrogen and oxygen atoms in total. The SMILES string of the molecule is O=C(O)c1cc(-c2csc(-c3ncccc3Br)n2)c[nH]1. The maximum Gasteiger partial charge on any atom is 0.352 e. The molecule has 0 aliphatic heterocycles. The summed E-state index contributed by atoms with van der Waals surface area (Å²) in [5, 5.41) is 11.6. The summed E-state index contributed by atoms with van der Waals surface area (Å²) in [5.41, 5.74) is 2.40. The van der Waals surface area contributed by atoms with Crippen molar-refractivity contribution >= 4 is 33.2 Å². The number of hydrogen-bond acceptors (Lipinski definition) is 4. The van der Waals surface area contributed by atoms with Crippen molar-refractivity contribution in [3.05, 3.63) is 46.1 Å². The minimum absolute atomic E-state index is 0.147. The predicted molar refractivity (Wildman–Crippen MR) is 79.8 cm³/mol. The lowest BCUT2D eigenvalue weighted by Crippen LogP contribution is -1.94. The molecule has 3 rings (SSSR count). The number of aromatic nitrogens is 3. The van der Waals surface area contributed by atoms with E-state index < -0.39 is 5.97 Å². The van der Waals surface area contributed by atoms with Crippen molar-refractivity contribution in [3.63, 3.8) is 0 Å². The van der Waals surface area contributed by atoms with Crippen molar-refractivity contribution in [3.8, 4) is 22.0 Å². The molecule has 0 fully saturated rings. The number of carboxylic acids is 1. The summed E-state index contributed by atoms with van der Waals surface area (Å²) in [4.78, 5) is 22.3. The summed E-state index contributed by atoms with van der Waals surface area (Å²) >= 11 is 4.91. The average molecular weight is 350 g/mol. The third-order valence-electron chi connectivity index (χ3n) is 2.67. The molecular formula is C13H8BrN3O2S. The predicted octanol–water partition coefficient (Wildman–Crippen LogP) is 3.66. The van der Waals surface area contributed by atoms with Crippen LogP contribution in [0.3, 0.4) is 0 Å². The number of rotatable bonds is 3. The van der Waals surface area contributed by atoms with E-state index in [2.05, 4.69) is 30.9 Å². The molecule has 3 aromatic heterocycles. The highest BCUT2D eigenvalue weighted by molar-refractivity contribution is 9.10. The van der Waals surface area contributed by atoms with Gasteiger partial charge in [-0.25, -0.2) is 9.78 Å². The summed E-state index contributed by atoms with van der Waals surface area (Å²) < 4.78 is 0.876. The largest absolute Gasteiger partial charge is 0.477 e. The molecule has 0 aromatic carbocycles. The Balaban J connectivity index is 1.98. The lowest BCUT2D eigenvalue weighted by molar-refractivity contribution is 0.0691. The molecule has 3 aromatic rings. The zero-order valence-electron chi connectivity index (χ0n) is 10.0. The molecule has 0 amide bonds. The highest BCUT2D eigenvalue weighted by Crippen LogP contribution is 2.31. The maximum atomic E-state index is 10.9. The van der Waals surface area contributed by atoms with Gasteiger partial charge >= 0.3 is 5.97 Å². The van der Waals surface area contributed by atoms with E-state index >= 15 is 0 Å². The Labute approximate surface area is 126 Å². The summed E-state index contributed by atoms with van der Waals surface area (Å²) in [5.74, 6) is -0.987. The number of carboxylic acid groups (broad SMARTS) is 1. The number of aromatic carboxylic acids is 1. The number of thiazole rings is 1. The number of H-pyrrole nitrogens is 1. The van der Waals surface area contributed by atoms with Crippen LogP contribution in [0.5, 0.6) is 0 Å². The molecule has 2 N–H and O–H groups in total. The third-order valence-corrected chi connectivity index (χ3v) is 4.16. The monoisotopic (exact) mass is 349 g/mol. The lowest BCUT2D eigenvalue weighted by Gasteiger charge is -1.97. The van der Waals surface area contributed by atoms with Crippen molar-refractivity contribution in [2.75, 3.05) is 0 Å². The minimum Gasteiger partial charge on any atom is -0.477 e. The lowest BCUT2D eigenvalue weighted by atomic mass is 10.2. The van der Waals surface area contributed by atoms with Crippen LogP contribution in [0.2, 0.25) is 0 Å². The number of carbonyl (C=O) groups is 1. The van der Waals surface area contributed by atoms with Crippen LogP contribution in [0.4, 0.5) is 0 Å². The van der Waals surface area contributed by atoms with E-state index in [0.717, 1.165) is 26.4 Å². The van der Waals surface area contributed by atoms with Crippen molar-refractivity contribution in [2.45, 2.75) is 0 Å². The fourth-order valence-electron chi connectivity index (χ4n) is 1.72. The Morgan fingerprint density at radius 2 is 2.30 bits per heavy atom. The van der Waals surface area contributed by atoms with Gasteiger partial charge in [0, 0.05) is 27.8 Å². The summed E-state index contributed by atoms with van der Waals surface area (Å²) in [6, 6.07) is 5.31. The highest BCUT2D eigenvalue weighted by Gasteiger charge is 2.13. The molecule has 7 heteroatoms. The van der Waals surface area contributed by atoms with Crippen LogP contribution < -0.4 is 0 Å². The molecule has 0 radical (unpaired) electrons. The van der Waals surface area contributed by atoms with Crippen LogP contribution in [-0.2, 0) is 0 Å². The molecule has 0 saturated heterocycles. The molecule has 20 heavy (non-hydrogen) atoms. The number of aromatic amines is 1. The Hall–Kier alpha value is -1.99. The van der Waals surface area contributed by atoms with E-state index in [1.54, 1.807) is 18.5 Å². The van der Waals surface area contributed by atoms with Gasteiger partial charge in [0.05, 0.1) is 5.69 Å². The van der Waals surface area contributed by atoms with Crippen LogP contribution in [-0.4, -0.2) is 26.0 Å². The summed E-state index contributed by atoms with van der Waals surface area (Å²) in [6.45, 7) is 0. The van der Waals surface area contributed by atoms with E-state index in [-0.39, 0.29) is 5.69 Å². The molecule has 0 atom stereocenters. The van der Waals surface area contributed by atoms with Gasteiger partial charge in [0.1, 0.15) is 16.4 Å². The third kappa shape index (κ3) is 2.37. The first-order valence-electron chi connectivity index (χ1n) is 5.63. The fourth-order valence-corrected chi connectivity index (χ4v) is 3.14. The van der Waals surface area contributed by atoms with Crippen LogP contribution in [0.1, 0.15) is 10.5 Å². The standard InChI is InChI=1S/C13H8BrN3O2S/c14-8-2-1-3-15-11(8)12-17-10(6-20-12)7-4-9(13(18)19)16-5-7/h1-6,16H,(H,18,19). The normalized spacial score (nSPS) is 10.7. The Morgan fingerprint density at radius 1 is 1.45 bits per heavy atom. The van der Waals surface area contributed by atoms with E-state index in [9.17, 15) is 4.79 Å². The first kappa shape index (κ1) is 13.0. The Morgan fingerprint density at radius 3 is 3.00 bits per heavy atom. The van der Waals surface area contributed by atoms with Gasteiger partial charge in [0.2, 0.25) is 0 Å². The fraction of sp³-hybridized carbons (Fsp3) is 0. The molecular weight excluding hydrogens is 342 g/mol. The first-order valence-corrected chi connectivity index (χ1v) is 7.31. The molecule has 3 heterocycles. The van der Waals surface area contributed by atoms with Gasteiger partial charge in [-0.2, -0.15) is 0 Å². The second-order valence-electron chi connectivity index (χ2n) is 3.98. The van der Waals surface area contributed by atoms with Gasteiger partial charge in [-0.05, 0) is 34.1 Å². The van der Waals surface area contributed by atoms with E-state index in [0.29, 0.717) is 0 Å². The van der Waals surface area contributed by atoms with E-state index in [1.807, 2.05) is 17.5 Å². The van der Waals surface area contributed by atoms with Gasteiger partial charge < -0.3 is 10.1 Å². The van der Waals surface area contributed by atoms with E-state index in [1.165, 1.54) is 11.3 Å². The number of halogens is 1. The highest BCUT2D eigenvalue weighted by atomic mass is 79.9. The van der Waals surface area contributed by atoms with Crippen molar-refractivity contribution in [1.82, 2.24) is 15.0 Å². The van der Waals surface area contributed by atoms with Crippen LogP contribution in [0.15, 0.2) is 40.4 Å². The maximum absolute atomic E-state index is 10.9. The second-order valence-corrected chi connectivity index (χ2v) is 5.69. The van der Waals surface area contributed by atoms with Gasteiger partial charge in [0.25, 0.3) is 0 Å². The molecule has 0 aliphatic carbocycles. The average Bonchev–Trinajstić information content (AvgIpc) is 3.08.